The van der Waals surface area contributed by atoms with Gasteiger partial charge < -0.3 is 24.8 Å². The minimum atomic E-state index is -4.12. The standard InChI is InChI=1S/C29H36N6O6S2/c1-20(2)17-34(43(39,40)22-8-9-23-26(15-22)41-28(32-23)33-12-10-30-11-13-33)18-25(36)24(14-21-6-4-3-5-7-21)35(29(37)38)27-16-31-19-42-27/h3-9,15-16,19-20,24-25,30,36H,10-14,17-18H2,1-2H3,(H,37,38). The first-order valence-corrected chi connectivity index (χ1v) is 16.4. The Morgan fingerprint density at radius 3 is 2.53 bits per heavy atom. The number of aliphatic hydroxyl groups is 1. The van der Waals surface area contributed by atoms with Crippen molar-refractivity contribution in [3.8, 4) is 0 Å². The second-order valence-corrected chi connectivity index (χ2v) is 13.7. The monoisotopic (exact) mass is 628 g/mol. The highest BCUT2D eigenvalue weighted by atomic mass is 32.2. The Kier molecular flexibility index (Phi) is 9.62. The van der Waals surface area contributed by atoms with Crippen molar-refractivity contribution in [1.29, 1.82) is 0 Å². The highest BCUT2D eigenvalue weighted by Gasteiger charge is 2.36. The molecule has 2 atom stereocenters. The van der Waals surface area contributed by atoms with E-state index in [0.29, 0.717) is 22.1 Å². The quantitative estimate of drug-likeness (QED) is 0.213. The Balaban J connectivity index is 1.45. The van der Waals surface area contributed by atoms with E-state index in [9.17, 15) is 23.4 Å². The number of hydrogen-bond acceptors (Lipinski definition) is 10. The third-order valence-corrected chi connectivity index (χ3v) is 9.86. The summed E-state index contributed by atoms with van der Waals surface area (Å²) >= 11 is 1.13. The van der Waals surface area contributed by atoms with Crippen LogP contribution in [-0.2, 0) is 16.4 Å². The summed E-state index contributed by atoms with van der Waals surface area (Å²) in [6.45, 7) is 6.64. The summed E-state index contributed by atoms with van der Waals surface area (Å²) in [5.74, 6) is -0.0695. The van der Waals surface area contributed by atoms with Crippen LogP contribution in [0.4, 0.5) is 15.8 Å². The number of benzene rings is 2. The number of anilines is 2. The van der Waals surface area contributed by atoms with Gasteiger partial charge in [0.15, 0.2) is 5.58 Å². The molecule has 3 heterocycles. The normalized spacial score (nSPS) is 15.7. The van der Waals surface area contributed by atoms with Crippen LogP contribution in [0.2, 0.25) is 0 Å². The summed E-state index contributed by atoms with van der Waals surface area (Å²) in [4.78, 5) is 24.1. The van der Waals surface area contributed by atoms with Gasteiger partial charge in [-0.3, -0.25) is 9.88 Å². The van der Waals surface area contributed by atoms with Crippen LogP contribution in [0.1, 0.15) is 19.4 Å². The number of amides is 1. The predicted molar refractivity (Wildman–Crippen MR) is 165 cm³/mol. The maximum Gasteiger partial charge on any atom is 0.412 e. The van der Waals surface area contributed by atoms with E-state index in [4.69, 9.17) is 4.42 Å². The van der Waals surface area contributed by atoms with Crippen LogP contribution in [0.5, 0.6) is 0 Å². The van der Waals surface area contributed by atoms with E-state index in [0.717, 1.165) is 48.0 Å². The number of sulfonamides is 1. The van der Waals surface area contributed by atoms with Crippen molar-refractivity contribution in [1.82, 2.24) is 19.6 Å². The van der Waals surface area contributed by atoms with Gasteiger partial charge in [0.05, 0.1) is 28.7 Å². The number of nitrogens with one attached hydrogen (secondary N) is 1. The zero-order valence-corrected chi connectivity index (χ0v) is 25.7. The lowest BCUT2D eigenvalue weighted by atomic mass is 9.99. The molecule has 2 aromatic carbocycles. The Labute approximate surface area is 254 Å². The summed E-state index contributed by atoms with van der Waals surface area (Å²) in [5, 5.41) is 25.4. The van der Waals surface area contributed by atoms with Crippen molar-refractivity contribution in [2.75, 3.05) is 49.1 Å². The molecule has 0 bridgehead atoms. The van der Waals surface area contributed by atoms with Crippen molar-refractivity contribution in [3.05, 3.63) is 65.8 Å². The summed E-state index contributed by atoms with van der Waals surface area (Å²) in [6.07, 6.45) is -1.03. The lowest BCUT2D eigenvalue weighted by Crippen LogP contribution is -2.53. The molecule has 1 amide bonds. The fourth-order valence-corrected chi connectivity index (χ4v) is 7.50. The second-order valence-electron chi connectivity index (χ2n) is 10.9. The highest BCUT2D eigenvalue weighted by Crippen LogP contribution is 2.29. The topological polar surface area (TPSA) is 152 Å². The number of thiazole rings is 1. The molecule has 1 fully saturated rings. The summed E-state index contributed by atoms with van der Waals surface area (Å²) in [5.41, 5.74) is 3.22. The summed E-state index contributed by atoms with van der Waals surface area (Å²) < 4.78 is 35.3. The van der Waals surface area contributed by atoms with Crippen molar-refractivity contribution < 1.29 is 27.8 Å². The van der Waals surface area contributed by atoms with Crippen molar-refractivity contribution in [3.63, 3.8) is 0 Å². The molecule has 5 rings (SSSR count). The van der Waals surface area contributed by atoms with Crippen LogP contribution in [0.3, 0.4) is 0 Å². The van der Waals surface area contributed by atoms with Gasteiger partial charge in [-0.1, -0.05) is 44.2 Å². The molecule has 14 heteroatoms. The SMILES string of the molecule is CC(C)CN(CC(O)C(Cc1ccccc1)N(C(=O)O)c1cncs1)S(=O)(=O)c1ccc2nc(N3CCNCC3)oc2c1. The molecule has 1 saturated heterocycles. The molecule has 0 spiro atoms. The van der Waals surface area contributed by atoms with Crippen LogP contribution in [0.15, 0.2) is 69.6 Å². The van der Waals surface area contributed by atoms with Crippen molar-refractivity contribution in [2.45, 2.75) is 37.3 Å². The molecule has 2 aromatic heterocycles. The van der Waals surface area contributed by atoms with Gasteiger partial charge in [0.25, 0.3) is 6.01 Å². The van der Waals surface area contributed by atoms with E-state index >= 15 is 0 Å². The summed E-state index contributed by atoms with van der Waals surface area (Å²) in [6, 6.07) is 13.2. The molecule has 0 radical (unpaired) electrons. The number of fused-ring (bicyclic) bond motifs is 1. The Bertz CT molecular complexity index is 1610. The lowest BCUT2D eigenvalue weighted by molar-refractivity contribution is 0.109. The van der Waals surface area contributed by atoms with E-state index in [2.05, 4.69) is 15.3 Å². The number of carboxylic acid groups (broad SMARTS) is 1. The molecular weight excluding hydrogens is 592 g/mol. The smallest absolute Gasteiger partial charge is 0.412 e. The van der Waals surface area contributed by atoms with Crippen LogP contribution >= 0.6 is 11.3 Å². The first-order valence-electron chi connectivity index (χ1n) is 14.1. The average molecular weight is 629 g/mol. The molecule has 1 aliphatic heterocycles. The van der Waals surface area contributed by atoms with E-state index in [1.165, 1.54) is 28.1 Å². The molecular formula is C29H36N6O6S2. The zero-order valence-electron chi connectivity index (χ0n) is 24.0. The van der Waals surface area contributed by atoms with Gasteiger partial charge in [0, 0.05) is 45.3 Å². The number of rotatable bonds is 12. The van der Waals surface area contributed by atoms with Gasteiger partial charge >= 0.3 is 6.09 Å². The summed E-state index contributed by atoms with van der Waals surface area (Å²) in [7, 11) is -4.12. The third kappa shape index (κ3) is 7.16. The van der Waals surface area contributed by atoms with Gasteiger partial charge in [0.2, 0.25) is 10.0 Å². The molecule has 2 unspecified atom stereocenters. The highest BCUT2D eigenvalue weighted by molar-refractivity contribution is 7.89. The fraction of sp³-hybridized carbons (Fsp3) is 0.414. The number of aliphatic hydroxyl groups excluding tert-OH is 1. The molecule has 230 valence electrons. The van der Waals surface area contributed by atoms with Crippen LogP contribution < -0.4 is 15.1 Å². The maximum atomic E-state index is 14.1. The molecule has 3 N–H and O–H groups in total. The molecule has 1 aliphatic rings. The van der Waals surface area contributed by atoms with Gasteiger partial charge in [0.1, 0.15) is 10.5 Å². The molecule has 12 nitrogen and oxygen atoms in total. The average Bonchev–Trinajstić information content (AvgIpc) is 3.67. The fourth-order valence-electron chi connectivity index (χ4n) is 5.18. The van der Waals surface area contributed by atoms with E-state index in [1.54, 1.807) is 6.07 Å². The van der Waals surface area contributed by atoms with E-state index in [-0.39, 0.29) is 30.3 Å². The largest absolute Gasteiger partial charge is 0.465 e. The third-order valence-electron chi connectivity index (χ3n) is 7.26. The first-order chi connectivity index (χ1) is 20.6. The molecule has 43 heavy (non-hydrogen) atoms. The Hall–Kier alpha value is -3.56. The maximum absolute atomic E-state index is 14.1. The van der Waals surface area contributed by atoms with Gasteiger partial charge in [-0.25, -0.2) is 13.2 Å². The molecule has 0 saturated carbocycles. The van der Waals surface area contributed by atoms with E-state index < -0.39 is 28.3 Å². The van der Waals surface area contributed by atoms with Gasteiger partial charge in [-0.05, 0) is 30.0 Å². The van der Waals surface area contributed by atoms with Gasteiger partial charge in [-0.2, -0.15) is 9.29 Å². The minimum absolute atomic E-state index is 0.00742. The number of oxazole rings is 1. The van der Waals surface area contributed by atoms with Crippen LogP contribution in [0.25, 0.3) is 11.1 Å². The Morgan fingerprint density at radius 1 is 1.14 bits per heavy atom. The van der Waals surface area contributed by atoms with E-state index in [1.807, 2.05) is 49.1 Å². The van der Waals surface area contributed by atoms with Crippen molar-refractivity contribution >= 4 is 49.6 Å². The minimum Gasteiger partial charge on any atom is -0.465 e. The molecule has 0 aliphatic carbocycles. The lowest BCUT2D eigenvalue weighted by Gasteiger charge is -2.35. The zero-order chi connectivity index (χ0) is 30.6. The van der Waals surface area contributed by atoms with Crippen molar-refractivity contribution in [2.24, 2.45) is 5.92 Å². The number of hydrogen-bond donors (Lipinski definition) is 3. The second kappa shape index (κ2) is 13.4. The number of aromatic nitrogens is 2. The molecule has 4 aromatic rings. The first kappa shape index (κ1) is 30.9. The van der Waals surface area contributed by atoms with Gasteiger partial charge in [-0.15, -0.1) is 11.3 Å². The Morgan fingerprint density at radius 2 is 1.88 bits per heavy atom. The predicted octanol–water partition coefficient (Wildman–Crippen LogP) is 3.50. The van der Waals surface area contributed by atoms with Crippen LogP contribution in [-0.4, -0.2) is 90.4 Å². The number of carbonyl (C=O) groups is 1. The number of piperazine rings is 1. The number of nitrogens with zero attached hydrogens (tertiary/aromatic N) is 5. The van der Waals surface area contributed by atoms with Crippen LogP contribution in [0, 0.1) is 5.92 Å².